The average molecular weight is 283 g/mol. The minimum absolute atomic E-state index is 0.228. The van der Waals surface area contributed by atoms with E-state index in [1.807, 2.05) is 18.2 Å². The topological polar surface area (TPSA) is 38.5 Å². The highest BCUT2D eigenvalue weighted by Crippen LogP contribution is 2.29. The van der Waals surface area contributed by atoms with Crippen LogP contribution in [0.15, 0.2) is 24.3 Å². The normalized spacial score (nSPS) is 22.7. The van der Waals surface area contributed by atoms with Crippen LogP contribution in [-0.4, -0.2) is 37.2 Å². The maximum atomic E-state index is 6.28. The van der Waals surface area contributed by atoms with E-state index < -0.39 is 0 Å². The number of hydrogen-bond donors (Lipinski definition) is 1. The molecule has 3 atom stereocenters. The van der Waals surface area contributed by atoms with Crippen molar-refractivity contribution in [3.05, 3.63) is 34.9 Å². The van der Waals surface area contributed by atoms with E-state index in [4.69, 9.17) is 22.1 Å². The number of benzene rings is 1. The molecule has 0 bridgehead atoms. The van der Waals surface area contributed by atoms with Gasteiger partial charge in [-0.2, -0.15) is 0 Å². The predicted molar refractivity (Wildman–Crippen MR) is 79.4 cm³/mol. The summed E-state index contributed by atoms with van der Waals surface area (Å²) in [6, 6.07) is 8.46. The summed E-state index contributed by atoms with van der Waals surface area (Å²) in [5.41, 5.74) is 7.09. The maximum absolute atomic E-state index is 6.28. The van der Waals surface area contributed by atoms with Gasteiger partial charge in [-0.05, 0) is 38.4 Å². The van der Waals surface area contributed by atoms with E-state index in [2.05, 4.69) is 24.9 Å². The molecule has 3 nitrogen and oxygen atoms in total. The van der Waals surface area contributed by atoms with Crippen molar-refractivity contribution in [2.75, 3.05) is 20.2 Å². The van der Waals surface area contributed by atoms with E-state index in [9.17, 15) is 0 Å². The molecule has 2 rings (SSSR count). The second kappa shape index (κ2) is 6.71. The molecular weight excluding hydrogens is 260 g/mol. The Morgan fingerprint density at radius 3 is 2.79 bits per heavy atom. The molecule has 0 saturated carbocycles. The van der Waals surface area contributed by atoms with Crippen molar-refractivity contribution in [1.82, 2.24) is 4.90 Å². The standard InChI is InChI=1S/C15H23ClN2O/c1-11(12-6-3-4-7-13(12)16)18(2)14(10-17)15-8-5-9-19-15/h3-4,6-7,11,14-15H,5,8-10,17H2,1-2H3. The Labute approximate surface area is 120 Å². The van der Waals surface area contributed by atoms with Gasteiger partial charge in [-0.15, -0.1) is 0 Å². The highest BCUT2D eigenvalue weighted by atomic mass is 35.5. The smallest absolute Gasteiger partial charge is 0.0743 e. The minimum atomic E-state index is 0.228. The average Bonchev–Trinajstić information content (AvgIpc) is 2.93. The molecule has 1 aromatic carbocycles. The monoisotopic (exact) mass is 282 g/mol. The van der Waals surface area contributed by atoms with Crippen molar-refractivity contribution < 1.29 is 4.74 Å². The summed E-state index contributed by atoms with van der Waals surface area (Å²) >= 11 is 6.28. The lowest BCUT2D eigenvalue weighted by molar-refractivity contribution is 0.0235. The second-order valence-corrected chi connectivity index (χ2v) is 5.62. The third-order valence-electron chi connectivity index (χ3n) is 4.12. The van der Waals surface area contributed by atoms with Crippen LogP contribution in [0.25, 0.3) is 0 Å². The van der Waals surface area contributed by atoms with Gasteiger partial charge in [0.25, 0.3) is 0 Å². The SMILES string of the molecule is CC(c1ccccc1Cl)N(C)C(CN)C1CCCO1. The zero-order valence-electron chi connectivity index (χ0n) is 11.7. The van der Waals surface area contributed by atoms with Crippen LogP contribution in [0, 0.1) is 0 Å². The third-order valence-corrected chi connectivity index (χ3v) is 4.47. The molecular formula is C15H23ClN2O. The van der Waals surface area contributed by atoms with E-state index >= 15 is 0 Å². The minimum Gasteiger partial charge on any atom is -0.377 e. The Morgan fingerprint density at radius 1 is 1.47 bits per heavy atom. The van der Waals surface area contributed by atoms with Gasteiger partial charge < -0.3 is 10.5 Å². The first kappa shape index (κ1) is 14.8. The fourth-order valence-electron chi connectivity index (χ4n) is 2.81. The molecule has 1 aromatic rings. The van der Waals surface area contributed by atoms with Gasteiger partial charge in [-0.25, -0.2) is 0 Å². The number of ether oxygens (including phenoxy) is 1. The lowest BCUT2D eigenvalue weighted by atomic mass is 10.0. The first-order valence-electron chi connectivity index (χ1n) is 6.93. The molecule has 1 aliphatic heterocycles. The van der Waals surface area contributed by atoms with Crippen molar-refractivity contribution in [1.29, 1.82) is 0 Å². The molecule has 2 N–H and O–H groups in total. The number of hydrogen-bond acceptors (Lipinski definition) is 3. The van der Waals surface area contributed by atoms with Gasteiger partial charge in [0.2, 0.25) is 0 Å². The van der Waals surface area contributed by atoms with Crippen molar-refractivity contribution in [2.24, 2.45) is 5.73 Å². The Bertz CT molecular complexity index is 407. The molecule has 1 fully saturated rings. The number of rotatable bonds is 5. The van der Waals surface area contributed by atoms with Gasteiger partial charge >= 0.3 is 0 Å². The van der Waals surface area contributed by atoms with E-state index in [0.717, 1.165) is 30.0 Å². The van der Waals surface area contributed by atoms with Gasteiger partial charge in [-0.3, -0.25) is 4.90 Å². The van der Waals surface area contributed by atoms with Crippen LogP contribution in [0.1, 0.15) is 31.4 Å². The van der Waals surface area contributed by atoms with Gasteiger partial charge in [0.15, 0.2) is 0 Å². The molecule has 1 saturated heterocycles. The number of halogens is 1. The van der Waals surface area contributed by atoms with Crippen molar-refractivity contribution in [3.8, 4) is 0 Å². The number of nitrogens with zero attached hydrogens (tertiary/aromatic N) is 1. The fraction of sp³-hybridized carbons (Fsp3) is 0.600. The third kappa shape index (κ3) is 3.29. The largest absolute Gasteiger partial charge is 0.377 e. The molecule has 3 unspecified atom stereocenters. The van der Waals surface area contributed by atoms with Crippen molar-refractivity contribution in [2.45, 2.75) is 38.0 Å². The zero-order valence-corrected chi connectivity index (χ0v) is 12.4. The van der Waals surface area contributed by atoms with Crippen LogP contribution in [-0.2, 0) is 4.74 Å². The summed E-state index contributed by atoms with van der Waals surface area (Å²) in [5.74, 6) is 0. The van der Waals surface area contributed by atoms with E-state index in [-0.39, 0.29) is 18.2 Å². The van der Waals surface area contributed by atoms with Crippen LogP contribution in [0.5, 0.6) is 0 Å². The Morgan fingerprint density at radius 2 is 2.21 bits per heavy atom. The van der Waals surface area contributed by atoms with Crippen molar-refractivity contribution >= 4 is 11.6 Å². The quantitative estimate of drug-likeness (QED) is 0.902. The molecule has 0 spiro atoms. The van der Waals surface area contributed by atoms with Crippen LogP contribution < -0.4 is 5.73 Å². The summed E-state index contributed by atoms with van der Waals surface area (Å²) in [6.45, 7) is 3.63. The Balaban J connectivity index is 2.12. The molecule has 4 heteroatoms. The molecule has 0 aromatic heterocycles. The summed E-state index contributed by atoms with van der Waals surface area (Å²) < 4.78 is 5.79. The van der Waals surface area contributed by atoms with Gasteiger partial charge in [0.1, 0.15) is 0 Å². The first-order valence-corrected chi connectivity index (χ1v) is 7.31. The summed E-state index contributed by atoms with van der Waals surface area (Å²) in [4.78, 5) is 2.29. The predicted octanol–water partition coefficient (Wildman–Crippen LogP) is 2.84. The lowest BCUT2D eigenvalue weighted by Crippen LogP contribution is -2.47. The number of likely N-dealkylation sites (N-methyl/N-ethyl adjacent to an activating group) is 1. The Hall–Kier alpha value is -0.610. The maximum Gasteiger partial charge on any atom is 0.0743 e. The van der Waals surface area contributed by atoms with E-state index in [1.54, 1.807) is 0 Å². The first-order chi connectivity index (χ1) is 9.15. The zero-order chi connectivity index (χ0) is 13.8. The molecule has 1 heterocycles. The number of nitrogens with two attached hydrogens (primary N) is 1. The molecule has 106 valence electrons. The highest BCUT2D eigenvalue weighted by molar-refractivity contribution is 6.31. The van der Waals surface area contributed by atoms with Crippen molar-refractivity contribution in [3.63, 3.8) is 0 Å². The van der Waals surface area contributed by atoms with Gasteiger partial charge in [0.05, 0.1) is 6.10 Å². The molecule has 1 aliphatic rings. The Kier molecular flexibility index (Phi) is 5.22. The van der Waals surface area contributed by atoms with Crippen LogP contribution in [0.4, 0.5) is 0 Å². The highest BCUT2D eigenvalue weighted by Gasteiger charge is 2.31. The molecule has 0 aliphatic carbocycles. The molecule has 19 heavy (non-hydrogen) atoms. The summed E-state index contributed by atoms with van der Waals surface area (Å²) in [6.07, 6.45) is 2.48. The lowest BCUT2D eigenvalue weighted by Gasteiger charge is -2.36. The van der Waals surface area contributed by atoms with Crippen LogP contribution in [0.3, 0.4) is 0 Å². The fourth-order valence-corrected chi connectivity index (χ4v) is 3.10. The van der Waals surface area contributed by atoms with Gasteiger partial charge in [0, 0.05) is 30.3 Å². The molecule has 0 radical (unpaired) electrons. The van der Waals surface area contributed by atoms with Gasteiger partial charge in [-0.1, -0.05) is 29.8 Å². The van der Waals surface area contributed by atoms with Crippen LogP contribution in [0.2, 0.25) is 5.02 Å². The second-order valence-electron chi connectivity index (χ2n) is 5.22. The molecule has 0 amide bonds. The van der Waals surface area contributed by atoms with E-state index in [1.165, 1.54) is 0 Å². The van der Waals surface area contributed by atoms with E-state index in [0.29, 0.717) is 6.54 Å². The van der Waals surface area contributed by atoms with Crippen LogP contribution >= 0.6 is 11.6 Å². The summed E-state index contributed by atoms with van der Waals surface area (Å²) in [5, 5.41) is 0.810. The summed E-state index contributed by atoms with van der Waals surface area (Å²) in [7, 11) is 2.10.